The van der Waals surface area contributed by atoms with E-state index in [0.29, 0.717) is 29.9 Å². The summed E-state index contributed by atoms with van der Waals surface area (Å²) in [4.78, 5) is 13.8. The first-order valence-electron chi connectivity index (χ1n) is 5.92. The molecule has 1 aromatic rings. The van der Waals surface area contributed by atoms with Crippen molar-refractivity contribution in [2.24, 2.45) is 5.92 Å². The van der Waals surface area contributed by atoms with Gasteiger partial charge in [-0.25, -0.2) is 4.39 Å². The smallest absolute Gasteiger partial charge is 0.256 e. The number of carbonyl (C=O) groups excluding carboxylic acids is 1. The number of hydrogen-bond acceptors (Lipinski definition) is 1. The number of likely N-dealkylation sites (tertiary alicyclic amines) is 1. The quantitative estimate of drug-likeness (QED) is 0.762. The Balaban J connectivity index is 2.10. The van der Waals surface area contributed by atoms with Crippen molar-refractivity contribution < 1.29 is 9.18 Å². The molecule has 1 amide bonds. The highest BCUT2D eigenvalue weighted by Gasteiger charge is 2.24. The summed E-state index contributed by atoms with van der Waals surface area (Å²) in [6, 6.07) is 4.04. The molecule has 0 unspecified atom stereocenters. The molecule has 2 nitrogen and oxygen atoms in total. The van der Waals surface area contributed by atoms with E-state index in [-0.39, 0.29) is 11.5 Å². The maximum atomic E-state index is 13.6. The zero-order valence-corrected chi connectivity index (χ0v) is 11.3. The minimum absolute atomic E-state index is 0.0480. The van der Waals surface area contributed by atoms with E-state index in [0.717, 1.165) is 12.8 Å². The molecule has 0 aliphatic carbocycles. The van der Waals surface area contributed by atoms with Gasteiger partial charge in [0.15, 0.2) is 0 Å². The second kappa shape index (κ2) is 5.89. The predicted molar refractivity (Wildman–Crippen MR) is 70.8 cm³/mol. The number of alkyl halides is 1. The Kier molecular flexibility index (Phi) is 4.46. The van der Waals surface area contributed by atoms with Gasteiger partial charge in [-0.1, -0.05) is 11.6 Å². The Morgan fingerprint density at radius 3 is 2.67 bits per heavy atom. The van der Waals surface area contributed by atoms with E-state index in [4.69, 9.17) is 23.2 Å². The van der Waals surface area contributed by atoms with Crippen LogP contribution in [0.5, 0.6) is 0 Å². The fourth-order valence-corrected chi connectivity index (χ4v) is 2.60. The predicted octanol–water partition coefficient (Wildman–Crippen LogP) is 3.57. The summed E-state index contributed by atoms with van der Waals surface area (Å²) >= 11 is 11.6. The van der Waals surface area contributed by atoms with Crippen LogP contribution in [0, 0.1) is 11.7 Å². The van der Waals surface area contributed by atoms with Gasteiger partial charge in [0.2, 0.25) is 0 Å². The highest BCUT2D eigenvalue weighted by atomic mass is 35.5. The molecule has 5 heteroatoms. The lowest BCUT2D eigenvalue weighted by molar-refractivity contribution is 0.0693. The number of hydrogen-bond donors (Lipinski definition) is 0. The monoisotopic (exact) mass is 289 g/mol. The largest absolute Gasteiger partial charge is 0.339 e. The van der Waals surface area contributed by atoms with Crippen molar-refractivity contribution in [3.8, 4) is 0 Å². The zero-order valence-electron chi connectivity index (χ0n) is 9.83. The molecule has 18 heavy (non-hydrogen) atoms. The summed E-state index contributed by atoms with van der Waals surface area (Å²) in [5, 5.41) is 0.371. The standard InChI is InChI=1S/C13H14Cl2FNO/c14-8-9-3-5-17(6-4-9)13(18)11-7-10(15)1-2-12(11)16/h1-2,7,9H,3-6,8H2. The van der Waals surface area contributed by atoms with Crippen LogP contribution in [0.1, 0.15) is 23.2 Å². The van der Waals surface area contributed by atoms with Gasteiger partial charge >= 0.3 is 0 Å². The number of rotatable bonds is 2. The summed E-state index contributed by atoms with van der Waals surface area (Å²) in [5.41, 5.74) is 0.0480. The molecule has 0 aromatic heterocycles. The summed E-state index contributed by atoms with van der Waals surface area (Å²) in [6.07, 6.45) is 1.74. The molecule has 2 rings (SSSR count). The van der Waals surface area contributed by atoms with Crippen molar-refractivity contribution >= 4 is 29.1 Å². The van der Waals surface area contributed by atoms with Gasteiger partial charge in [-0.15, -0.1) is 11.6 Å². The second-order valence-electron chi connectivity index (χ2n) is 4.51. The summed E-state index contributed by atoms with van der Waals surface area (Å²) in [5.74, 6) is 0.264. The molecular weight excluding hydrogens is 276 g/mol. The molecule has 1 aliphatic heterocycles. The third-order valence-electron chi connectivity index (χ3n) is 3.28. The number of carbonyl (C=O) groups is 1. The van der Waals surface area contributed by atoms with Crippen molar-refractivity contribution in [3.05, 3.63) is 34.6 Å². The fraction of sp³-hybridized carbons (Fsp3) is 0.462. The van der Waals surface area contributed by atoms with Crippen LogP contribution in [0.15, 0.2) is 18.2 Å². The van der Waals surface area contributed by atoms with Gasteiger partial charge in [0.25, 0.3) is 5.91 Å². The number of amides is 1. The minimum Gasteiger partial charge on any atom is -0.339 e. The highest BCUT2D eigenvalue weighted by molar-refractivity contribution is 6.31. The molecule has 0 bridgehead atoms. The van der Waals surface area contributed by atoms with Gasteiger partial charge in [0, 0.05) is 24.0 Å². The summed E-state index contributed by atoms with van der Waals surface area (Å²) in [6.45, 7) is 1.25. The van der Waals surface area contributed by atoms with Crippen LogP contribution in [-0.2, 0) is 0 Å². The van der Waals surface area contributed by atoms with E-state index in [1.165, 1.54) is 18.2 Å². The minimum atomic E-state index is -0.524. The lowest BCUT2D eigenvalue weighted by Crippen LogP contribution is -2.39. The normalized spacial score (nSPS) is 16.9. The number of nitrogens with zero attached hydrogens (tertiary/aromatic N) is 1. The Bertz CT molecular complexity index is 445. The van der Waals surface area contributed by atoms with Crippen molar-refractivity contribution in [1.82, 2.24) is 4.90 Å². The maximum Gasteiger partial charge on any atom is 0.256 e. The van der Waals surface area contributed by atoms with Crippen LogP contribution >= 0.6 is 23.2 Å². The number of piperidine rings is 1. The zero-order chi connectivity index (χ0) is 13.1. The molecule has 0 atom stereocenters. The van der Waals surface area contributed by atoms with Crippen LogP contribution in [-0.4, -0.2) is 29.8 Å². The van der Waals surface area contributed by atoms with Crippen LogP contribution in [0.3, 0.4) is 0 Å². The average Bonchev–Trinajstić information content (AvgIpc) is 2.41. The van der Waals surface area contributed by atoms with Gasteiger partial charge in [-0.05, 0) is 37.0 Å². The van der Waals surface area contributed by atoms with Gasteiger partial charge < -0.3 is 4.90 Å². The highest BCUT2D eigenvalue weighted by Crippen LogP contribution is 2.22. The SMILES string of the molecule is O=C(c1cc(Cl)ccc1F)N1CCC(CCl)CC1. The van der Waals surface area contributed by atoms with E-state index in [9.17, 15) is 9.18 Å². The van der Waals surface area contributed by atoms with E-state index in [1.54, 1.807) is 4.90 Å². The van der Waals surface area contributed by atoms with Gasteiger partial charge in [-0.2, -0.15) is 0 Å². The number of benzene rings is 1. The summed E-state index contributed by atoms with van der Waals surface area (Å²) < 4.78 is 13.6. The fourth-order valence-electron chi connectivity index (χ4n) is 2.12. The third kappa shape index (κ3) is 2.96. The lowest BCUT2D eigenvalue weighted by atomic mass is 9.98. The van der Waals surface area contributed by atoms with Gasteiger partial charge in [0.1, 0.15) is 5.82 Å². The Morgan fingerprint density at radius 1 is 1.39 bits per heavy atom. The molecule has 1 fully saturated rings. The number of halogens is 3. The second-order valence-corrected chi connectivity index (χ2v) is 5.26. The van der Waals surface area contributed by atoms with Crippen LogP contribution in [0.4, 0.5) is 4.39 Å². The van der Waals surface area contributed by atoms with Crippen molar-refractivity contribution in [2.45, 2.75) is 12.8 Å². The van der Waals surface area contributed by atoms with E-state index in [2.05, 4.69) is 0 Å². The molecule has 0 spiro atoms. The first-order chi connectivity index (χ1) is 8.61. The Hall–Kier alpha value is -0.800. The van der Waals surface area contributed by atoms with Crippen LogP contribution < -0.4 is 0 Å². The van der Waals surface area contributed by atoms with Gasteiger partial charge in [0.05, 0.1) is 5.56 Å². The first kappa shape index (κ1) is 13.6. The van der Waals surface area contributed by atoms with Crippen molar-refractivity contribution in [2.75, 3.05) is 19.0 Å². The van der Waals surface area contributed by atoms with E-state index < -0.39 is 5.82 Å². The lowest BCUT2D eigenvalue weighted by Gasteiger charge is -2.31. The first-order valence-corrected chi connectivity index (χ1v) is 6.83. The molecule has 1 aliphatic rings. The van der Waals surface area contributed by atoms with E-state index in [1.807, 2.05) is 0 Å². The average molecular weight is 290 g/mol. The Morgan fingerprint density at radius 2 is 2.06 bits per heavy atom. The molecule has 0 N–H and O–H groups in total. The van der Waals surface area contributed by atoms with Crippen molar-refractivity contribution in [3.63, 3.8) is 0 Å². The molecule has 1 saturated heterocycles. The molecular formula is C13H14Cl2FNO. The molecule has 0 saturated carbocycles. The summed E-state index contributed by atoms with van der Waals surface area (Å²) in [7, 11) is 0. The van der Waals surface area contributed by atoms with Gasteiger partial charge in [-0.3, -0.25) is 4.79 Å². The van der Waals surface area contributed by atoms with Crippen LogP contribution in [0.25, 0.3) is 0 Å². The third-order valence-corrected chi connectivity index (χ3v) is 3.95. The van der Waals surface area contributed by atoms with Crippen molar-refractivity contribution in [1.29, 1.82) is 0 Å². The molecule has 1 aromatic carbocycles. The molecule has 1 heterocycles. The maximum absolute atomic E-state index is 13.6. The Labute approximate surface area is 116 Å². The van der Waals surface area contributed by atoms with Crippen LogP contribution in [0.2, 0.25) is 5.02 Å². The molecule has 0 radical (unpaired) electrons. The molecule has 98 valence electrons. The topological polar surface area (TPSA) is 20.3 Å². The van der Waals surface area contributed by atoms with E-state index >= 15 is 0 Å².